The van der Waals surface area contributed by atoms with Crippen LogP contribution < -0.4 is 9.47 Å². The lowest BCUT2D eigenvalue weighted by Gasteiger charge is -2.08. The van der Waals surface area contributed by atoms with Gasteiger partial charge < -0.3 is 14.2 Å². The highest BCUT2D eigenvalue weighted by Crippen LogP contribution is 2.30. The summed E-state index contributed by atoms with van der Waals surface area (Å²) in [5.41, 5.74) is 1.78. The molecular formula is C26H18N2O7. The van der Waals surface area contributed by atoms with Crippen molar-refractivity contribution in [1.29, 1.82) is 0 Å². The Morgan fingerprint density at radius 3 is 2.54 bits per heavy atom. The zero-order valence-corrected chi connectivity index (χ0v) is 18.4. The van der Waals surface area contributed by atoms with E-state index >= 15 is 0 Å². The molecule has 0 saturated heterocycles. The molecule has 0 amide bonds. The summed E-state index contributed by atoms with van der Waals surface area (Å²) in [5.74, 6) is -0.641. The highest BCUT2D eigenvalue weighted by atomic mass is 16.6. The average Bonchev–Trinajstić information content (AvgIpc) is 3.24. The topological polar surface area (TPSA) is 117 Å². The van der Waals surface area contributed by atoms with Gasteiger partial charge in [0.25, 0.3) is 5.69 Å². The quantitative estimate of drug-likeness (QED) is 0.163. The first-order chi connectivity index (χ1) is 16.9. The smallest absolute Gasteiger partial charge is 0.363 e. The number of non-ortho nitro benzene ring substituents is 1. The highest BCUT2D eigenvalue weighted by molar-refractivity contribution is 6.12. The molecule has 0 spiro atoms. The molecule has 1 aliphatic heterocycles. The van der Waals surface area contributed by atoms with Crippen LogP contribution in [0.5, 0.6) is 11.5 Å². The van der Waals surface area contributed by atoms with Crippen LogP contribution in [0, 0.1) is 10.1 Å². The lowest BCUT2D eigenvalue weighted by Crippen LogP contribution is -2.05. The van der Waals surface area contributed by atoms with Crippen molar-refractivity contribution in [2.75, 3.05) is 7.11 Å². The maximum Gasteiger partial charge on any atom is 0.363 e. The Bertz CT molecular complexity index is 1390. The summed E-state index contributed by atoms with van der Waals surface area (Å²) in [5, 5.41) is 10.9. The van der Waals surface area contributed by atoms with Crippen LogP contribution in [-0.2, 0) is 14.3 Å². The van der Waals surface area contributed by atoms with Crippen LogP contribution in [0.1, 0.15) is 16.7 Å². The van der Waals surface area contributed by atoms with E-state index in [1.54, 1.807) is 30.3 Å². The van der Waals surface area contributed by atoms with E-state index in [2.05, 4.69) is 4.99 Å². The minimum atomic E-state index is -0.697. The second-order valence-electron chi connectivity index (χ2n) is 7.22. The Balaban J connectivity index is 1.49. The number of carbonyl (C=O) groups excluding carboxylic acids is 2. The number of nitrogens with zero attached hydrogens (tertiary/aromatic N) is 2. The Hall–Kier alpha value is -5.05. The second kappa shape index (κ2) is 10.3. The molecule has 1 heterocycles. The Morgan fingerprint density at radius 2 is 1.80 bits per heavy atom. The molecule has 35 heavy (non-hydrogen) atoms. The van der Waals surface area contributed by atoms with Gasteiger partial charge in [-0.15, -0.1) is 0 Å². The van der Waals surface area contributed by atoms with Crippen LogP contribution in [0.25, 0.3) is 12.2 Å². The van der Waals surface area contributed by atoms with Crippen LogP contribution in [0.4, 0.5) is 5.69 Å². The lowest BCUT2D eigenvalue weighted by molar-refractivity contribution is -0.384. The molecule has 9 heteroatoms. The zero-order valence-electron chi connectivity index (χ0n) is 18.4. The number of benzene rings is 3. The van der Waals surface area contributed by atoms with E-state index < -0.39 is 16.9 Å². The fourth-order valence-corrected chi connectivity index (χ4v) is 3.18. The van der Waals surface area contributed by atoms with Crippen molar-refractivity contribution in [3.8, 4) is 11.5 Å². The Kier molecular flexibility index (Phi) is 6.78. The maximum absolute atomic E-state index is 12.3. The number of cyclic esters (lactones) is 1. The molecule has 0 fully saturated rings. The van der Waals surface area contributed by atoms with Crippen LogP contribution in [0.2, 0.25) is 0 Å². The molecular weight excluding hydrogens is 452 g/mol. The molecule has 9 nitrogen and oxygen atoms in total. The van der Waals surface area contributed by atoms with E-state index in [0.717, 1.165) is 6.08 Å². The number of esters is 2. The van der Waals surface area contributed by atoms with Crippen molar-refractivity contribution in [3.05, 3.63) is 111 Å². The molecule has 0 aromatic heterocycles. The van der Waals surface area contributed by atoms with E-state index in [1.807, 2.05) is 18.2 Å². The number of rotatable bonds is 7. The van der Waals surface area contributed by atoms with Crippen LogP contribution in [0.15, 0.2) is 89.6 Å². The average molecular weight is 470 g/mol. The van der Waals surface area contributed by atoms with Gasteiger partial charge in [-0.05, 0) is 47.5 Å². The van der Waals surface area contributed by atoms with E-state index in [-0.39, 0.29) is 28.8 Å². The van der Waals surface area contributed by atoms with E-state index in [4.69, 9.17) is 14.2 Å². The van der Waals surface area contributed by atoms with Gasteiger partial charge in [0.05, 0.1) is 12.0 Å². The molecule has 0 N–H and O–H groups in total. The highest BCUT2D eigenvalue weighted by Gasteiger charge is 2.24. The van der Waals surface area contributed by atoms with Crippen molar-refractivity contribution in [3.63, 3.8) is 0 Å². The maximum atomic E-state index is 12.3. The van der Waals surface area contributed by atoms with E-state index in [1.165, 1.54) is 43.5 Å². The van der Waals surface area contributed by atoms with Gasteiger partial charge >= 0.3 is 11.9 Å². The summed E-state index contributed by atoms with van der Waals surface area (Å²) in [7, 11) is 1.41. The molecule has 3 aromatic carbocycles. The SMILES string of the molecule is COc1cc(/C=C2\N=C(c3ccccc3)OC2=O)ccc1OC(=O)/C=C/c1cccc([N+](=O)[O-])c1. The van der Waals surface area contributed by atoms with Gasteiger partial charge in [0, 0.05) is 23.8 Å². The number of nitro benzene ring substituents is 1. The normalized spacial score (nSPS) is 14.0. The molecule has 0 bridgehead atoms. The minimum Gasteiger partial charge on any atom is -0.493 e. The third kappa shape index (κ3) is 5.66. The number of carbonyl (C=O) groups is 2. The fraction of sp³-hybridized carbons (Fsp3) is 0.0385. The molecule has 3 aromatic rings. The van der Waals surface area contributed by atoms with Gasteiger partial charge in [-0.25, -0.2) is 14.6 Å². The molecule has 0 aliphatic carbocycles. The standard InChI is InChI=1S/C26H18N2O7/c1-33-23-16-18(15-21-26(30)35-25(27-21)19-7-3-2-4-8-19)10-12-22(23)34-24(29)13-11-17-6-5-9-20(14-17)28(31)32/h2-16H,1H3/b13-11+,21-15-. The third-order valence-corrected chi connectivity index (χ3v) is 4.84. The molecule has 4 rings (SSSR count). The van der Waals surface area contributed by atoms with Gasteiger partial charge in [-0.3, -0.25) is 10.1 Å². The molecule has 1 aliphatic rings. The lowest BCUT2D eigenvalue weighted by atomic mass is 10.1. The van der Waals surface area contributed by atoms with Gasteiger partial charge in [0.1, 0.15) is 0 Å². The monoisotopic (exact) mass is 470 g/mol. The summed E-state index contributed by atoms with van der Waals surface area (Å²) in [6, 6.07) is 19.6. The predicted molar refractivity (Wildman–Crippen MR) is 128 cm³/mol. The summed E-state index contributed by atoms with van der Waals surface area (Å²) in [6.45, 7) is 0. The second-order valence-corrected chi connectivity index (χ2v) is 7.22. The molecule has 0 radical (unpaired) electrons. The Morgan fingerprint density at radius 1 is 1.00 bits per heavy atom. The van der Waals surface area contributed by atoms with Crippen LogP contribution >= 0.6 is 0 Å². The fourth-order valence-electron chi connectivity index (χ4n) is 3.18. The Labute approximate surface area is 199 Å². The molecule has 174 valence electrons. The van der Waals surface area contributed by atoms with Gasteiger partial charge in [0.15, 0.2) is 17.2 Å². The van der Waals surface area contributed by atoms with E-state index in [9.17, 15) is 19.7 Å². The summed E-state index contributed by atoms with van der Waals surface area (Å²) in [4.78, 5) is 39.1. The number of hydrogen-bond acceptors (Lipinski definition) is 8. The van der Waals surface area contributed by atoms with Crippen LogP contribution in [0.3, 0.4) is 0 Å². The largest absolute Gasteiger partial charge is 0.493 e. The first-order valence-electron chi connectivity index (χ1n) is 10.3. The van der Waals surface area contributed by atoms with Crippen molar-refractivity contribution in [2.45, 2.75) is 0 Å². The summed E-state index contributed by atoms with van der Waals surface area (Å²) in [6.07, 6.45) is 4.10. The number of aliphatic imine (C=N–C) groups is 1. The molecule has 0 unspecified atom stereocenters. The molecule has 0 atom stereocenters. The number of nitro groups is 1. The number of methoxy groups -OCH3 is 1. The summed E-state index contributed by atoms with van der Waals surface area (Å²) < 4.78 is 15.9. The van der Waals surface area contributed by atoms with Crippen molar-refractivity contribution < 1.29 is 28.7 Å². The zero-order chi connectivity index (χ0) is 24.8. The van der Waals surface area contributed by atoms with Crippen molar-refractivity contribution in [1.82, 2.24) is 0 Å². The number of ether oxygens (including phenoxy) is 3. The van der Waals surface area contributed by atoms with Crippen LogP contribution in [-0.4, -0.2) is 29.9 Å². The first kappa shape index (κ1) is 23.1. The van der Waals surface area contributed by atoms with Gasteiger partial charge in [-0.2, -0.15) is 0 Å². The molecule has 0 saturated carbocycles. The summed E-state index contributed by atoms with van der Waals surface area (Å²) >= 11 is 0. The van der Waals surface area contributed by atoms with E-state index in [0.29, 0.717) is 16.7 Å². The minimum absolute atomic E-state index is 0.0849. The van der Waals surface area contributed by atoms with Crippen molar-refractivity contribution in [2.24, 2.45) is 4.99 Å². The van der Waals surface area contributed by atoms with Gasteiger partial charge in [-0.1, -0.05) is 36.4 Å². The van der Waals surface area contributed by atoms with Crippen molar-refractivity contribution >= 4 is 35.7 Å². The predicted octanol–water partition coefficient (Wildman–Crippen LogP) is 4.57. The third-order valence-electron chi connectivity index (χ3n) is 4.84. The number of hydrogen-bond donors (Lipinski definition) is 0. The van der Waals surface area contributed by atoms with Gasteiger partial charge in [0.2, 0.25) is 5.90 Å². The first-order valence-corrected chi connectivity index (χ1v) is 10.3.